The molecule has 4 nitrogen and oxygen atoms in total. The molecule has 1 saturated heterocycles. The van der Waals surface area contributed by atoms with Crippen LogP contribution in [0.15, 0.2) is 17.1 Å². The van der Waals surface area contributed by atoms with Crippen molar-refractivity contribution in [2.75, 3.05) is 7.05 Å². The van der Waals surface area contributed by atoms with Crippen molar-refractivity contribution in [2.45, 2.75) is 26.3 Å². The van der Waals surface area contributed by atoms with Crippen molar-refractivity contribution < 1.29 is 4.79 Å². The lowest BCUT2D eigenvalue weighted by atomic mass is 9.93. The SMILES string of the molecule is Cc1ccc2c(c1C)CC1NC(=O)N(C)C1=N2. The number of nitrogens with one attached hydrogen (secondary N) is 1. The Bertz CT molecular complexity index is 548. The minimum Gasteiger partial charge on any atom is -0.327 e. The zero-order valence-electron chi connectivity index (χ0n) is 10.2. The van der Waals surface area contributed by atoms with Crippen molar-refractivity contribution in [3.8, 4) is 0 Å². The van der Waals surface area contributed by atoms with Crippen LogP contribution >= 0.6 is 0 Å². The van der Waals surface area contributed by atoms with E-state index in [-0.39, 0.29) is 12.1 Å². The van der Waals surface area contributed by atoms with Crippen LogP contribution in [0.5, 0.6) is 0 Å². The van der Waals surface area contributed by atoms with Crippen LogP contribution in [0.2, 0.25) is 0 Å². The highest BCUT2D eigenvalue weighted by molar-refractivity contribution is 6.08. The summed E-state index contributed by atoms with van der Waals surface area (Å²) in [5.41, 5.74) is 4.83. The Morgan fingerprint density at radius 3 is 2.94 bits per heavy atom. The van der Waals surface area contributed by atoms with Crippen molar-refractivity contribution in [3.05, 3.63) is 28.8 Å². The molecule has 1 aromatic rings. The van der Waals surface area contributed by atoms with Gasteiger partial charge in [0, 0.05) is 13.5 Å². The molecule has 4 heteroatoms. The predicted molar refractivity (Wildman–Crippen MR) is 66.8 cm³/mol. The van der Waals surface area contributed by atoms with Crippen LogP contribution in [0.3, 0.4) is 0 Å². The second kappa shape index (κ2) is 3.32. The number of fused-ring (bicyclic) bond motifs is 2. The number of aryl methyl sites for hydroxylation is 1. The molecular formula is C13H15N3O. The summed E-state index contributed by atoms with van der Waals surface area (Å²) in [6.45, 7) is 4.23. The molecule has 0 radical (unpaired) electrons. The van der Waals surface area contributed by atoms with E-state index < -0.39 is 0 Å². The van der Waals surface area contributed by atoms with Crippen molar-refractivity contribution in [1.29, 1.82) is 0 Å². The lowest BCUT2D eigenvalue weighted by molar-refractivity contribution is 0.232. The fraction of sp³-hybridized carbons (Fsp3) is 0.385. The predicted octanol–water partition coefficient (Wildman–Crippen LogP) is 1.91. The number of urea groups is 1. The third-order valence-electron chi connectivity index (χ3n) is 3.75. The molecule has 0 aliphatic carbocycles. The molecule has 17 heavy (non-hydrogen) atoms. The molecule has 2 aliphatic heterocycles. The molecule has 0 saturated carbocycles. The first-order valence-corrected chi connectivity index (χ1v) is 5.80. The summed E-state index contributed by atoms with van der Waals surface area (Å²) in [6.07, 6.45) is 0.845. The third-order valence-corrected chi connectivity index (χ3v) is 3.75. The van der Waals surface area contributed by atoms with Gasteiger partial charge in [0.2, 0.25) is 0 Å². The minimum atomic E-state index is -0.0593. The van der Waals surface area contributed by atoms with E-state index in [2.05, 4.69) is 30.2 Å². The van der Waals surface area contributed by atoms with E-state index in [0.717, 1.165) is 17.9 Å². The summed E-state index contributed by atoms with van der Waals surface area (Å²) in [5, 5.41) is 2.95. The number of hydrogen-bond acceptors (Lipinski definition) is 2. The number of amides is 2. The molecule has 1 atom stereocenters. The number of amidine groups is 1. The Morgan fingerprint density at radius 1 is 1.41 bits per heavy atom. The lowest BCUT2D eigenvalue weighted by Crippen LogP contribution is -2.33. The average Bonchev–Trinajstić information content (AvgIpc) is 2.59. The second-order valence-electron chi connectivity index (χ2n) is 4.74. The molecule has 1 aromatic carbocycles. The van der Waals surface area contributed by atoms with Gasteiger partial charge in [-0.25, -0.2) is 9.79 Å². The average molecular weight is 229 g/mol. The van der Waals surface area contributed by atoms with Gasteiger partial charge in [-0.1, -0.05) is 6.07 Å². The standard InChI is InChI=1S/C13H15N3O/c1-7-4-5-10-9(8(7)2)6-11-12(14-10)16(3)13(17)15-11/h4-5,11H,6H2,1-3H3,(H,15,17). The Hall–Kier alpha value is -1.84. The number of carbonyl (C=O) groups is 1. The van der Waals surface area contributed by atoms with Crippen LogP contribution in [0.4, 0.5) is 10.5 Å². The van der Waals surface area contributed by atoms with E-state index >= 15 is 0 Å². The van der Waals surface area contributed by atoms with Crippen LogP contribution in [-0.2, 0) is 6.42 Å². The maximum Gasteiger partial charge on any atom is 0.323 e. The van der Waals surface area contributed by atoms with Gasteiger partial charge in [0.1, 0.15) is 5.84 Å². The second-order valence-corrected chi connectivity index (χ2v) is 4.74. The summed E-state index contributed by atoms with van der Waals surface area (Å²) in [5.74, 6) is 0.839. The summed E-state index contributed by atoms with van der Waals surface area (Å²) in [4.78, 5) is 17.8. The number of aliphatic imine (C=N–C) groups is 1. The monoisotopic (exact) mass is 229 g/mol. The smallest absolute Gasteiger partial charge is 0.323 e. The van der Waals surface area contributed by atoms with E-state index in [9.17, 15) is 4.79 Å². The van der Waals surface area contributed by atoms with E-state index in [1.54, 1.807) is 11.9 Å². The van der Waals surface area contributed by atoms with E-state index in [1.165, 1.54) is 16.7 Å². The molecule has 2 aliphatic rings. The third kappa shape index (κ3) is 1.37. The van der Waals surface area contributed by atoms with Gasteiger partial charge >= 0.3 is 6.03 Å². The number of hydrogen-bond donors (Lipinski definition) is 1. The van der Waals surface area contributed by atoms with Gasteiger partial charge in [0.15, 0.2) is 0 Å². The maximum absolute atomic E-state index is 11.6. The molecule has 0 bridgehead atoms. The Morgan fingerprint density at radius 2 is 2.18 bits per heavy atom. The molecular weight excluding hydrogens is 214 g/mol. The van der Waals surface area contributed by atoms with Crippen LogP contribution < -0.4 is 5.32 Å². The molecule has 1 fully saturated rings. The molecule has 0 aromatic heterocycles. The topological polar surface area (TPSA) is 44.7 Å². The zero-order chi connectivity index (χ0) is 12.2. The van der Waals surface area contributed by atoms with Gasteiger partial charge in [0.05, 0.1) is 11.7 Å². The highest BCUT2D eigenvalue weighted by Gasteiger charge is 2.36. The van der Waals surface area contributed by atoms with Gasteiger partial charge < -0.3 is 5.32 Å². The highest BCUT2D eigenvalue weighted by atomic mass is 16.2. The summed E-state index contributed by atoms with van der Waals surface area (Å²) >= 11 is 0. The number of benzene rings is 1. The fourth-order valence-corrected chi connectivity index (χ4v) is 2.49. The number of nitrogens with zero attached hydrogens (tertiary/aromatic N) is 2. The van der Waals surface area contributed by atoms with E-state index in [4.69, 9.17) is 0 Å². The maximum atomic E-state index is 11.6. The molecule has 88 valence electrons. The lowest BCUT2D eigenvalue weighted by Gasteiger charge is -2.22. The van der Waals surface area contributed by atoms with Crippen molar-refractivity contribution >= 4 is 17.6 Å². The first-order valence-electron chi connectivity index (χ1n) is 5.80. The Labute approximate surface area is 100 Å². The van der Waals surface area contributed by atoms with E-state index in [0.29, 0.717) is 0 Å². The Kier molecular flexibility index (Phi) is 2.02. The fourth-order valence-electron chi connectivity index (χ4n) is 2.49. The number of rotatable bonds is 0. The zero-order valence-corrected chi connectivity index (χ0v) is 10.2. The van der Waals surface area contributed by atoms with Crippen LogP contribution in [-0.4, -0.2) is 29.9 Å². The number of likely N-dealkylation sites (N-methyl/N-ethyl adjacent to an activating group) is 1. The number of carbonyl (C=O) groups excluding carboxylic acids is 1. The van der Waals surface area contributed by atoms with Gasteiger partial charge in [-0.05, 0) is 36.6 Å². The normalized spacial score (nSPS) is 21.8. The summed E-state index contributed by atoms with van der Waals surface area (Å²) in [6, 6.07) is 4.11. The molecule has 1 unspecified atom stereocenters. The van der Waals surface area contributed by atoms with Crippen molar-refractivity contribution in [2.24, 2.45) is 4.99 Å². The summed E-state index contributed by atoms with van der Waals surface area (Å²) in [7, 11) is 1.76. The van der Waals surface area contributed by atoms with E-state index in [1.807, 2.05) is 6.07 Å². The van der Waals surface area contributed by atoms with Gasteiger partial charge in [-0.2, -0.15) is 0 Å². The van der Waals surface area contributed by atoms with Crippen molar-refractivity contribution in [3.63, 3.8) is 0 Å². The largest absolute Gasteiger partial charge is 0.327 e. The van der Waals surface area contributed by atoms with Gasteiger partial charge in [0.25, 0.3) is 0 Å². The Balaban J connectivity index is 2.13. The first-order chi connectivity index (χ1) is 8.08. The highest BCUT2D eigenvalue weighted by Crippen LogP contribution is 2.32. The molecule has 3 rings (SSSR count). The van der Waals surface area contributed by atoms with Gasteiger partial charge in [-0.3, -0.25) is 4.90 Å². The van der Waals surface area contributed by atoms with Crippen LogP contribution in [0.1, 0.15) is 16.7 Å². The van der Waals surface area contributed by atoms with Crippen LogP contribution in [0, 0.1) is 13.8 Å². The first kappa shape index (κ1) is 10.3. The minimum absolute atomic E-state index is 0.0421. The van der Waals surface area contributed by atoms with Crippen molar-refractivity contribution in [1.82, 2.24) is 10.2 Å². The molecule has 1 N–H and O–H groups in total. The van der Waals surface area contributed by atoms with Crippen LogP contribution in [0.25, 0.3) is 0 Å². The quantitative estimate of drug-likeness (QED) is 0.725. The summed E-state index contributed by atoms with van der Waals surface area (Å²) < 4.78 is 0. The molecule has 2 amide bonds. The van der Waals surface area contributed by atoms with Gasteiger partial charge in [-0.15, -0.1) is 0 Å². The molecule has 0 spiro atoms. The molecule has 2 heterocycles.